The number of pyridine rings is 2. The number of hydrogen-bond donors (Lipinski definition) is 2. The number of nitrogens with one attached hydrogen (secondary N) is 2. The largest absolute Gasteiger partial charge is 0.383 e. The zero-order chi connectivity index (χ0) is 27.6. The van der Waals surface area contributed by atoms with Crippen LogP contribution in [0.2, 0.25) is 5.02 Å². The first-order chi connectivity index (χ1) is 18.7. The summed E-state index contributed by atoms with van der Waals surface area (Å²) < 4.78 is 15.4. The Morgan fingerprint density at radius 1 is 1.10 bits per heavy atom. The summed E-state index contributed by atoms with van der Waals surface area (Å²) >= 11 is 6.70. The minimum Gasteiger partial charge on any atom is -0.383 e. The molecule has 5 rings (SSSR count). The maximum Gasteiger partial charge on any atom is 0.123 e. The first-order valence-electron chi connectivity index (χ1n) is 12.3. The van der Waals surface area contributed by atoms with E-state index in [9.17, 15) is 9.65 Å². The number of anilines is 2. The Morgan fingerprint density at radius 2 is 1.85 bits per heavy atom. The summed E-state index contributed by atoms with van der Waals surface area (Å²) in [5.41, 5.74) is 4.54. The van der Waals surface area contributed by atoms with Gasteiger partial charge in [0.2, 0.25) is 0 Å². The van der Waals surface area contributed by atoms with Crippen LogP contribution in [0.1, 0.15) is 43.6 Å². The molecule has 2 N–H and O–H groups in total. The lowest BCUT2D eigenvalue weighted by atomic mass is 9.96. The van der Waals surface area contributed by atoms with Gasteiger partial charge in [-0.1, -0.05) is 49.7 Å². The van der Waals surface area contributed by atoms with Crippen LogP contribution in [0.4, 0.5) is 15.8 Å². The molecule has 1 atom stereocenters. The molecule has 39 heavy (non-hydrogen) atoms. The van der Waals surface area contributed by atoms with E-state index in [2.05, 4.69) is 57.8 Å². The van der Waals surface area contributed by atoms with Gasteiger partial charge in [-0.15, -0.1) is 5.10 Å². The van der Waals surface area contributed by atoms with Crippen LogP contribution in [0.15, 0.2) is 73.3 Å². The summed E-state index contributed by atoms with van der Waals surface area (Å²) in [5.74, 6) is -0.337. The van der Waals surface area contributed by atoms with E-state index in [1.807, 2.05) is 24.4 Å². The molecule has 0 saturated heterocycles. The topological polar surface area (TPSA) is 104 Å². The monoisotopic (exact) mass is 540 g/mol. The summed E-state index contributed by atoms with van der Waals surface area (Å²) in [6.07, 6.45) is 6.70. The molecule has 3 heterocycles. The van der Waals surface area contributed by atoms with Crippen molar-refractivity contribution in [1.82, 2.24) is 25.0 Å². The highest BCUT2D eigenvalue weighted by Gasteiger charge is 2.21. The van der Waals surface area contributed by atoms with E-state index >= 15 is 0 Å². The molecule has 0 radical (unpaired) electrons. The normalized spacial score (nSPS) is 12.2. The molecule has 3 aromatic heterocycles. The Kier molecular flexibility index (Phi) is 7.13. The van der Waals surface area contributed by atoms with Crippen molar-refractivity contribution in [3.05, 3.63) is 101 Å². The van der Waals surface area contributed by atoms with Gasteiger partial charge in [0.1, 0.15) is 17.6 Å². The van der Waals surface area contributed by atoms with Crippen molar-refractivity contribution in [2.75, 3.05) is 17.2 Å². The molecular formula is C29H26ClFN8. The lowest BCUT2D eigenvalue weighted by molar-refractivity contribution is 0.443. The van der Waals surface area contributed by atoms with Gasteiger partial charge in [-0.2, -0.15) is 5.26 Å². The van der Waals surface area contributed by atoms with Crippen LogP contribution in [-0.2, 0) is 0 Å². The van der Waals surface area contributed by atoms with Gasteiger partial charge in [0.15, 0.2) is 0 Å². The van der Waals surface area contributed by atoms with Gasteiger partial charge in [-0.3, -0.25) is 9.97 Å². The first kappa shape index (κ1) is 26.1. The molecule has 2 aromatic carbocycles. The molecule has 0 aliphatic rings. The summed E-state index contributed by atoms with van der Waals surface area (Å²) in [4.78, 5) is 8.50. The Labute approximate surface area is 230 Å². The van der Waals surface area contributed by atoms with Gasteiger partial charge in [-0.05, 0) is 47.4 Å². The molecule has 0 spiro atoms. The fraction of sp³-hybridized carbons (Fsp3) is 0.207. The summed E-state index contributed by atoms with van der Waals surface area (Å²) in [6, 6.07) is 15.3. The van der Waals surface area contributed by atoms with E-state index in [1.54, 1.807) is 35.3 Å². The first-order valence-corrected chi connectivity index (χ1v) is 12.7. The highest BCUT2D eigenvalue weighted by molar-refractivity contribution is 6.35. The average Bonchev–Trinajstić information content (AvgIpc) is 3.41. The number of hydrogen-bond acceptors (Lipinski definition) is 7. The van der Waals surface area contributed by atoms with E-state index in [0.29, 0.717) is 45.1 Å². The standard InChI is InChI=1S/C29H26ClFN8/c1-29(2,3)17-35-26-19(14-32)15-34-28-23(26)12-21(13-24(28)30)36-27(18-4-6-20(31)7-5-18)25-16-39(38-37-25)22-8-10-33-11-9-22/h4-13,15-16,27,36H,17H2,1-3H3,(H,34,35)/t27-/m0/s1. The van der Waals surface area contributed by atoms with Crippen molar-refractivity contribution in [2.45, 2.75) is 26.8 Å². The van der Waals surface area contributed by atoms with Crippen molar-refractivity contribution in [3.63, 3.8) is 0 Å². The number of rotatable bonds is 7. The molecule has 0 aliphatic heterocycles. The van der Waals surface area contributed by atoms with E-state index in [0.717, 1.165) is 11.3 Å². The fourth-order valence-electron chi connectivity index (χ4n) is 4.15. The van der Waals surface area contributed by atoms with E-state index < -0.39 is 6.04 Å². The van der Waals surface area contributed by atoms with E-state index in [-0.39, 0.29) is 11.2 Å². The molecular weight excluding hydrogens is 515 g/mol. The predicted molar refractivity (Wildman–Crippen MR) is 150 cm³/mol. The fourth-order valence-corrected chi connectivity index (χ4v) is 4.42. The van der Waals surface area contributed by atoms with Crippen LogP contribution in [0.5, 0.6) is 0 Å². The molecule has 0 amide bonds. The van der Waals surface area contributed by atoms with Gasteiger partial charge in [0, 0.05) is 36.2 Å². The average molecular weight is 541 g/mol. The Balaban J connectivity index is 1.58. The van der Waals surface area contributed by atoms with Gasteiger partial charge in [-0.25, -0.2) is 9.07 Å². The van der Waals surface area contributed by atoms with Crippen molar-refractivity contribution in [1.29, 1.82) is 5.26 Å². The maximum absolute atomic E-state index is 13.8. The molecule has 0 bridgehead atoms. The third-order valence-corrected chi connectivity index (χ3v) is 6.38. The van der Waals surface area contributed by atoms with Gasteiger partial charge >= 0.3 is 0 Å². The second kappa shape index (κ2) is 10.7. The summed E-state index contributed by atoms with van der Waals surface area (Å²) in [6.45, 7) is 6.98. The zero-order valence-electron chi connectivity index (χ0n) is 21.7. The lowest BCUT2D eigenvalue weighted by Gasteiger charge is -2.22. The highest BCUT2D eigenvalue weighted by Crippen LogP contribution is 2.36. The maximum atomic E-state index is 13.8. The van der Waals surface area contributed by atoms with Crippen molar-refractivity contribution < 1.29 is 4.39 Å². The number of halogens is 2. The van der Waals surface area contributed by atoms with Gasteiger partial charge in [0.05, 0.1) is 39.7 Å². The summed E-state index contributed by atoms with van der Waals surface area (Å²) in [5, 5.41) is 26.5. The second-order valence-electron chi connectivity index (χ2n) is 10.3. The van der Waals surface area contributed by atoms with Crippen LogP contribution in [-0.4, -0.2) is 31.5 Å². The molecule has 196 valence electrons. The van der Waals surface area contributed by atoms with Gasteiger partial charge in [0.25, 0.3) is 0 Å². The van der Waals surface area contributed by atoms with Crippen LogP contribution < -0.4 is 10.6 Å². The molecule has 8 nitrogen and oxygen atoms in total. The number of aromatic nitrogens is 5. The summed E-state index contributed by atoms with van der Waals surface area (Å²) in [7, 11) is 0. The molecule has 10 heteroatoms. The van der Waals surface area contributed by atoms with Crippen LogP contribution in [0.3, 0.4) is 0 Å². The van der Waals surface area contributed by atoms with Crippen molar-refractivity contribution in [2.24, 2.45) is 5.41 Å². The van der Waals surface area contributed by atoms with Crippen molar-refractivity contribution in [3.8, 4) is 11.8 Å². The Hall–Kier alpha value is -4.55. The number of fused-ring (bicyclic) bond motifs is 1. The smallest absolute Gasteiger partial charge is 0.123 e. The minimum absolute atomic E-state index is 0.0176. The quantitative estimate of drug-likeness (QED) is 0.242. The minimum atomic E-state index is -0.479. The van der Waals surface area contributed by atoms with E-state index in [1.165, 1.54) is 18.3 Å². The van der Waals surface area contributed by atoms with Crippen LogP contribution in [0, 0.1) is 22.6 Å². The van der Waals surface area contributed by atoms with E-state index in [4.69, 9.17) is 11.6 Å². The molecule has 0 aliphatic carbocycles. The third kappa shape index (κ3) is 5.81. The number of nitrogens with zero attached hydrogens (tertiary/aromatic N) is 6. The number of benzene rings is 2. The zero-order valence-corrected chi connectivity index (χ0v) is 22.4. The molecule has 0 fully saturated rings. The van der Waals surface area contributed by atoms with Crippen LogP contribution in [0.25, 0.3) is 16.6 Å². The molecule has 5 aromatic rings. The highest BCUT2D eigenvalue weighted by atomic mass is 35.5. The molecule has 0 unspecified atom stereocenters. The van der Waals surface area contributed by atoms with Crippen LogP contribution >= 0.6 is 11.6 Å². The molecule has 0 saturated carbocycles. The number of nitriles is 1. The second-order valence-corrected chi connectivity index (χ2v) is 10.8. The van der Waals surface area contributed by atoms with Crippen molar-refractivity contribution >= 4 is 33.9 Å². The predicted octanol–water partition coefficient (Wildman–Crippen LogP) is 6.53. The SMILES string of the molecule is CC(C)(C)CNc1c(C#N)cnc2c(Cl)cc(N[C@@H](c3ccc(F)cc3)c3cn(-c4ccncc4)nn3)cc12. The lowest BCUT2D eigenvalue weighted by Crippen LogP contribution is -2.20. The Morgan fingerprint density at radius 3 is 2.54 bits per heavy atom. The third-order valence-electron chi connectivity index (χ3n) is 6.09. The Bertz CT molecular complexity index is 1650. The van der Waals surface area contributed by atoms with Gasteiger partial charge < -0.3 is 10.6 Å².